The smallest absolute Gasteiger partial charge is 0.339 e. The molecule has 0 unspecified atom stereocenters. The fraction of sp³-hybridized carbons (Fsp3) is 0.278. The molecule has 0 atom stereocenters. The molecular formula is C18H20BrN3O4. The third kappa shape index (κ3) is 4.32. The van der Waals surface area contributed by atoms with Crippen molar-refractivity contribution in [2.24, 2.45) is 0 Å². The number of nitrogens with one attached hydrogen (secondary N) is 3. The first-order chi connectivity index (χ1) is 12.4. The summed E-state index contributed by atoms with van der Waals surface area (Å²) in [4.78, 5) is 39.5. The largest absolute Gasteiger partial charge is 0.465 e. The number of rotatable bonds is 5. The molecule has 0 spiro atoms. The van der Waals surface area contributed by atoms with E-state index in [0.717, 1.165) is 10.9 Å². The van der Waals surface area contributed by atoms with Crippen LogP contribution in [0.1, 0.15) is 55.8 Å². The van der Waals surface area contributed by atoms with Crippen LogP contribution in [0.15, 0.2) is 28.7 Å². The SMILES string of the molecule is CCCc1c(C(=O)NNC(=O)c2ccc(Br)cc2)[nH]c(C)c1C(=O)OC. The number of benzene rings is 1. The van der Waals surface area contributed by atoms with Crippen LogP contribution in [0.2, 0.25) is 0 Å². The molecule has 2 aromatic rings. The number of ether oxygens (including phenoxy) is 1. The van der Waals surface area contributed by atoms with E-state index in [1.807, 2.05) is 6.92 Å². The molecule has 1 aromatic heterocycles. The molecule has 0 bridgehead atoms. The third-order valence-corrected chi connectivity index (χ3v) is 4.33. The van der Waals surface area contributed by atoms with Gasteiger partial charge in [-0.25, -0.2) is 4.79 Å². The number of hydrogen-bond donors (Lipinski definition) is 3. The summed E-state index contributed by atoms with van der Waals surface area (Å²) in [5.74, 6) is -1.48. The minimum absolute atomic E-state index is 0.237. The van der Waals surface area contributed by atoms with Gasteiger partial charge in [-0.15, -0.1) is 0 Å². The van der Waals surface area contributed by atoms with Crippen LogP contribution >= 0.6 is 15.9 Å². The molecule has 0 radical (unpaired) electrons. The van der Waals surface area contributed by atoms with Crippen molar-refractivity contribution in [3.8, 4) is 0 Å². The van der Waals surface area contributed by atoms with E-state index in [1.165, 1.54) is 7.11 Å². The van der Waals surface area contributed by atoms with Crippen LogP contribution in [0.3, 0.4) is 0 Å². The zero-order valence-electron chi connectivity index (χ0n) is 14.7. The van der Waals surface area contributed by atoms with Crippen molar-refractivity contribution in [1.29, 1.82) is 0 Å². The average molecular weight is 422 g/mol. The number of hydrazine groups is 1. The predicted molar refractivity (Wildman–Crippen MR) is 99.9 cm³/mol. The third-order valence-electron chi connectivity index (χ3n) is 3.80. The van der Waals surface area contributed by atoms with Crippen molar-refractivity contribution in [3.63, 3.8) is 0 Å². The quantitative estimate of drug-likeness (QED) is 0.510. The second-order valence-electron chi connectivity index (χ2n) is 5.64. The number of esters is 1. The Bertz CT molecular complexity index is 828. The molecule has 8 heteroatoms. The van der Waals surface area contributed by atoms with Crippen molar-refractivity contribution in [2.75, 3.05) is 7.11 Å². The maximum Gasteiger partial charge on any atom is 0.339 e. The van der Waals surface area contributed by atoms with Crippen molar-refractivity contribution in [3.05, 3.63) is 56.8 Å². The predicted octanol–water partition coefficient (Wildman–Crippen LogP) is 2.90. The number of aryl methyl sites for hydroxylation is 1. The fourth-order valence-corrected chi connectivity index (χ4v) is 2.86. The second kappa shape index (κ2) is 8.66. The lowest BCUT2D eigenvalue weighted by molar-refractivity contribution is 0.0598. The minimum atomic E-state index is -0.530. The number of halogens is 1. The highest BCUT2D eigenvalue weighted by Gasteiger charge is 2.24. The van der Waals surface area contributed by atoms with E-state index in [0.29, 0.717) is 28.8 Å². The van der Waals surface area contributed by atoms with Crippen molar-refractivity contribution < 1.29 is 19.1 Å². The molecule has 0 aliphatic carbocycles. The molecule has 0 fully saturated rings. The summed E-state index contributed by atoms with van der Waals surface area (Å²) >= 11 is 3.29. The molecule has 138 valence electrons. The minimum Gasteiger partial charge on any atom is -0.465 e. The van der Waals surface area contributed by atoms with E-state index in [9.17, 15) is 14.4 Å². The lowest BCUT2D eigenvalue weighted by atomic mass is 10.0. The van der Waals surface area contributed by atoms with Crippen LogP contribution in [-0.2, 0) is 11.2 Å². The van der Waals surface area contributed by atoms with E-state index in [-0.39, 0.29) is 5.69 Å². The molecule has 1 heterocycles. The van der Waals surface area contributed by atoms with E-state index in [1.54, 1.807) is 31.2 Å². The van der Waals surface area contributed by atoms with Gasteiger partial charge in [0.05, 0.1) is 12.7 Å². The number of methoxy groups -OCH3 is 1. The number of carbonyl (C=O) groups excluding carboxylic acids is 3. The monoisotopic (exact) mass is 421 g/mol. The summed E-state index contributed by atoms with van der Waals surface area (Å²) in [5, 5.41) is 0. The van der Waals surface area contributed by atoms with Gasteiger partial charge in [0, 0.05) is 15.7 Å². The van der Waals surface area contributed by atoms with E-state index < -0.39 is 17.8 Å². The highest BCUT2D eigenvalue weighted by Crippen LogP contribution is 2.21. The highest BCUT2D eigenvalue weighted by molar-refractivity contribution is 9.10. The molecule has 2 rings (SSSR count). The summed E-state index contributed by atoms with van der Waals surface area (Å²) in [6.45, 7) is 3.64. The Labute approximate surface area is 159 Å². The van der Waals surface area contributed by atoms with Gasteiger partial charge >= 0.3 is 5.97 Å². The summed E-state index contributed by atoms with van der Waals surface area (Å²) < 4.78 is 5.65. The van der Waals surface area contributed by atoms with Crippen LogP contribution in [0.4, 0.5) is 0 Å². The second-order valence-corrected chi connectivity index (χ2v) is 6.55. The Kier molecular flexibility index (Phi) is 6.57. The summed E-state index contributed by atoms with van der Waals surface area (Å²) in [7, 11) is 1.29. The maximum absolute atomic E-state index is 12.5. The first-order valence-electron chi connectivity index (χ1n) is 8.05. The summed E-state index contributed by atoms with van der Waals surface area (Å²) in [5.41, 5.74) is 6.86. The van der Waals surface area contributed by atoms with Crippen LogP contribution in [-0.4, -0.2) is 29.9 Å². The lowest BCUT2D eigenvalue weighted by Gasteiger charge is -2.09. The van der Waals surface area contributed by atoms with E-state index >= 15 is 0 Å². The van der Waals surface area contributed by atoms with Gasteiger partial charge in [-0.1, -0.05) is 29.3 Å². The molecule has 0 aliphatic rings. The van der Waals surface area contributed by atoms with Gasteiger partial charge in [0.15, 0.2) is 0 Å². The number of H-pyrrole nitrogens is 1. The normalized spacial score (nSPS) is 10.3. The van der Waals surface area contributed by atoms with Gasteiger partial charge in [0.2, 0.25) is 0 Å². The molecule has 1 aromatic carbocycles. The Balaban J connectivity index is 2.17. The van der Waals surface area contributed by atoms with Gasteiger partial charge in [-0.2, -0.15) is 0 Å². The summed E-state index contributed by atoms with van der Waals surface area (Å²) in [6.07, 6.45) is 1.27. The number of aromatic amines is 1. The standard InChI is InChI=1S/C18H20BrN3O4/c1-4-5-13-14(18(25)26-3)10(2)20-15(13)17(24)22-21-16(23)11-6-8-12(19)9-7-11/h6-9,20H,4-5H2,1-3H3,(H,21,23)(H,22,24). The van der Waals surface area contributed by atoms with Gasteiger partial charge in [0.1, 0.15) is 5.69 Å². The fourth-order valence-electron chi connectivity index (χ4n) is 2.60. The van der Waals surface area contributed by atoms with Crippen molar-refractivity contribution in [1.82, 2.24) is 15.8 Å². The van der Waals surface area contributed by atoms with Crippen molar-refractivity contribution in [2.45, 2.75) is 26.7 Å². The van der Waals surface area contributed by atoms with Gasteiger partial charge in [0.25, 0.3) is 11.8 Å². The van der Waals surface area contributed by atoms with E-state index in [2.05, 4.69) is 31.8 Å². The van der Waals surface area contributed by atoms with Gasteiger partial charge in [-0.05, 0) is 43.2 Å². The van der Waals surface area contributed by atoms with E-state index in [4.69, 9.17) is 4.74 Å². The molecule has 3 N–H and O–H groups in total. The average Bonchev–Trinajstić information content (AvgIpc) is 2.96. The number of amides is 2. The molecule has 0 saturated heterocycles. The first kappa shape index (κ1) is 19.7. The Morgan fingerprint density at radius 1 is 1.12 bits per heavy atom. The molecule has 0 saturated carbocycles. The Hall–Kier alpha value is -2.61. The van der Waals surface area contributed by atoms with Crippen molar-refractivity contribution >= 4 is 33.7 Å². The van der Waals surface area contributed by atoms with Crippen LogP contribution in [0.25, 0.3) is 0 Å². The molecular weight excluding hydrogens is 402 g/mol. The summed E-state index contributed by atoms with van der Waals surface area (Å²) in [6, 6.07) is 6.71. The molecule has 0 aliphatic heterocycles. The number of aromatic nitrogens is 1. The Morgan fingerprint density at radius 2 is 1.73 bits per heavy atom. The van der Waals surface area contributed by atoms with Gasteiger partial charge < -0.3 is 9.72 Å². The topological polar surface area (TPSA) is 100 Å². The Morgan fingerprint density at radius 3 is 2.31 bits per heavy atom. The van der Waals surface area contributed by atoms with Gasteiger partial charge in [-0.3, -0.25) is 20.4 Å². The maximum atomic E-state index is 12.5. The number of hydrogen-bond acceptors (Lipinski definition) is 4. The van der Waals surface area contributed by atoms with Crippen LogP contribution in [0.5, 0.6) is 0 Å². The zero-order chi connectivity index (χ0) is 19.3. The molecule has 26 heavy (non-hydrogen) atoms. The first-order valence-corrected chi connectivity index (χ1v) is 8.84. The van der Waals surface area contributed by atoms with Crippen LogP contribution in [0, 0.1) is 6.92 Å². The zero-order valence-corrected chi connectivity index (χ0v) is 16.3. The number of carbonyl (C=O) groups is 3. The molecule has 2 amide bonds. The lowest BCUT2D eigenvalue weighted by Crippen LogP contribution is -2.42. The molecule has 7 nitrogen and oxygen atoms in total. The highest BCUT2D eigenvalue weighted by atomic mass is 79.9. The van der Waals surface area contributed by atoms with Crippen LogP contribution < -0.4 is 10.9 Å².